The van der Waals surface area contributed by atoms with Crippen LogP contribution in [0, 0.1) is 0 Å². The first-order valence-electron chi connectivity index (χ1n) is 10.2. The van der Waals surface area contributed by atoms with E-state index in [1.807, 2.05) is 11.4 Å². The SMILES string of the molecule is COCCNS(=O)(=O)c1cc(C(=O)NCC(c2cccs2)N2CCCC2)ccc1OC. The number of carbonyl (C=O) groups is 1. The topological polar surface area (TPSA) is 97.0 Å². The highest BCUT2D eigenvalue weighted by molar-refractivity contribution is 7.89. The third-order valence-corrected chi connectivity index (χ3v) is 7.68. The molecule has 8 nitrogen and oxygen atoms in total. The van der Waals surface area contributed by atoms with E-state index >= 15 is 0 Å². The molecular formula is C21H29N3O5S2. The highest BCUT2D eigenvalue weighted by Crippen LogP contribution is 2.28. The Morgan fingerprint density at radius 3 is 2.65 bits per heavy atom. The summed E-state index contributed by atoms with van der Waals surface area (Å²) in [5, 5.41) is 5.02. The van der Waals surface area contributed by atoms with Crippen LogP contribution in [0.4, 0.5) is 0 Å². The molecule has 1 aromatic carbocycles. The van der Waals surface area contributed by atoms with Crippen molar-refractivity contribution in [2.75, 3.05) is 47.0 Å². The minimum absolute atomic E-state index is 0.0758. The van der Waals surface area contributed by atoms with Crippen molar-refractivity contribution in [3.8, 4) is 5.75 Å². The van der Waals surface area contributed by atoms with Gasteiger partial charge < -0.3 is 14.8 Å². The van der Waals surface area contributed by atoms with Gasteiger partial charge >= 0.3 is 0 Å². The van der Waals surface area contributed by atoms with E-state index in [0.29, 0.717) is 6.54 Å². The van der Waals surface area contributed by atoms with E-state index in [0.717, 1.165) is 25.9 Å². The smallest absolute Gasteiger partial charge is 0.251 e. The van der Waals surface area contributed by atoms with Gasteiger partial charge in [0.25, 0.3) is 5.91 Å². The fraction of sp³-hybridized carbons (Fsp3) is 0.476. The molecule has 1 atom stereocenters. The van der Waals surface area contributed by atoms with Crippen molar-refractivity contribution in [1.82, 2.24) is 14.9 Å². The van der Waals surface area contributed by atoms with Gasteiger partial charge in [0.05, 0.1) is 19.8 Å². The monoisotopic (exact) mass is 467 g/mol. The number of hydrogen-bond acceptors (Lipinski definition) is 7. The minimum Gasteiger partial charge on any atom is -0.495 e. The molecule has 31 heavy (non-hydrogen) atoms. The molecule has 1 aliphatic rings. The molecule has 0 aliphatic carbocycles. The number of amides is 1. The van der Waals surface area contributed by atoms with Crippen molar-refractivity contribution in [3.63, 3.8) is 0 Å². The lowest BCUT2D eigenvalue weighted by Crippen LogP contribution is -2.36. The van der Waals surface area contributed by atoms with Crippen LogP contribution in [0.5, 0.6) is 5.75 Å². The van der Waals surface area contributed by atoms with E-state index in [9.17, 15) is 13.2 Å². The van der Waals surface area contributed by atoms with Crippen molar-refractivity contribution >= 4 is 27.3 Å². The summed E-state index contributed by atoms with van der Waals surface area (Å²) >= 11 is 1.68. The number of thiophene rings is 1. The first-order valence-corrected chi connectivity index (χ1v) is 12.5. The second-order valence-electron chi connectivity index (χ2n) is 7.24. The minimum atomic E-state index is -3.85. The van der Waals surface area contributed by atoms with Gasteiger partial charge in [0.15, 0.2) is 0 Å². The first kappa shape index (κ1) is 23.7. The Balaban J connectivity index is 1.75. The van der Waals surface area contributed by atoms with Gasteiger partial charge in [-0.15, -0.1) is 11.3 Å². The quantitative estimate of drug-likeness (QED) is 0.492. The van der Waals surface area contributed by atoms with Crippen molar-refractivity contribution in [1.29, 1.82) is 0 Å². The number of methoxy groups -OCH3 is 2. The molecule has 2 aromatic rings. The van der Waals surface area contributed by atoms with Crippen LogP contribution in [0.1, 0.15) is 34.1 Å². The maximum absolute atomic E-state index is 12.9. The van der Waals surface area contributed by atoms with Crippen molar-refractivity contribution in [3.05, 3.63) is 46.2 Å². The molecule has 2 heterocycles. The van der Waals surface area contributed by atoms with Crippen LogP contribution in [0.2, 0.25) is 0 Å². The maximum Gasteiger partial charge on any atom is 0.251 e. The lowest BCUT2D eigenvalue weighted by molar-refractivity contribution is 0.0938. The molecule has 0 spiro atoms. The zero-order valence-corrected chi connectivity index (χ0v) is 19.4. The summed E-state index contributed by atoms with van der Waals surface area (Å²) in [5.74, 6) is -0.147. The van der Waals surface area contributed by atoms with Gasteiger partial charge in [0.1, 0.15) is 10.6 Å². The van der Waals surface area contributed by atoms with Crippen LogP contribution in [0.25, 0.3) is 0 Å². The summed E-state index contributed by atoms with van der Waals surface area (Å²) in [7, 11) is -0.967. The standard InChI is InChI=1S/C21H29N3O5S2/c1-28-12-9-23-31(26,27)20-14-16(7-8-18(20)29-2)21(25)22-15-17(19-6-5-13-30-19)24-10-3-4-11-24/h5-8,13-14,17,23H,3-4,9-12,15H2,1-2H3,(H,22,25). The molecule has 170 valence electrons. The van der Waals surface area contributed by atoms with Crippen molar-refractivity contribution < 1.29 is 22.7 Å². The normalized spacial score (nSPS) is 15.7. The summed E-state index contributed by atoms with van der Waals surface area (Å²) < 4.78 is 37.9. The summed E-state index contributed by atoms with van der Waals surface area (Å²) in [6, 6.07) is 8.63. The van der Waals surface area contributed by atoms with Crippen molar-refractivity contribution in [2.24, 2.45) is 0 Å². The van der Waals surface area contributed by atoms with Gasteiger partial charge in [-0.2, -0.15) is 0 Å². The highest BCUT2D eigenvalue weighted by atomic mass is 32.2. The zero-order valence-electron chi connectivity index (χ0n) is 17.8. The summed E-state index contributed by atoms with van der Waals surface area (Å²) in [4.78, 5) is 16.4. The maximum atomic E-state index is 12.9. The van der Waals surface area contributed by atoms with E-state index in [-0.39, 0.29) is 41.3 Å². The molecule has 1 amide bonds. The Kier molecular flexibility index (Phi) is 8.44. The highest BCUT2D eigenvalue weighted by Gasteiger charge is 2.26. The van der Waals surface area contributed by atoms with E-state index < -0.39 is 10.0 Å². The Morgan fingerprint density at radius 1 is 1.23 bits per heavy atom. The second-order valence-corrected chi connectivity index (χ2v) is 9.96. The van der Waals surface area contributed by atoms with Crippen LogP contribution >= 0.6 is 11.3 Å². The number of carbonyl (C=O) groups excluding carboxylic acids is 1. The van der Waals surface area contributed by atoms with Crippen LogP contribution < -0.4 is 14.8 Å². The number of hydrogen-bond donors (Lipinski definition) is 2. The van der Waals surface area contributed by atoms with Gasteiger partial charge in [-0.1, -0.05) is 6.07 Å². The molecule has 1 saturated heterocycles. The van der Waals surface area contributed by atoms with E-state index in [1.54, 1.807) is 17.4 Å². The largest absolute Gasteiger partial charge is 0.495 e. The lowest BCUT2D eigenvalue weighted by Gasteiger charge is -2.27. The third kappa shape index (κ3) is 6.05. The summed E-state index contributed by atoms with van der Waals surface area (Å²) in [5.41, 5.74) is 0.263. The lowest BCUT2D eigenvalue weighted by atomic mass is 10.1. The number of sulfonamides is 1. The number of likely N-dealkylation sites (tertiary alicyclic amines) is 1. The van der Waals surface area contributed by atoms with Gasteiger partial charge in [-0.05, 0) is 55.6 Å². The summed E-state index contributed by atoms with van der Waals surface area (Å²) in [6.45, 7) is 2.84. The van der Waals surface area contributed by atoms with Crippen LogP contribution in [-0.4, -0.2) is 66.2 Å². The molecule has 1 fully saturated rings. The average Bonchev–Trinajstić information content (AvgIpc) is 3.48. The Bertz CT molecular complexity index is 957. The number of benzene rings is 1. The van der Waals surface area contributed by atoms with Crippen molar-refractivity contribution in [2.45, 2.75) is 23.8 Å². The Hall–Kier alpha value is -1.98. The molecule has 3 rings (SSSR count). The zero-order chi connectivity index (χ0) is 22.3. The molecule has 0 bridgehead atoms. The van der Waals surface area contributed by atoms with Crippen LogP contribution in [-0.2, 0) is 14.8 Å². The predicted octanol–water partition coefficient (Wildman–Crippen LogP) is 2.25. The van der Waals surface area contributed by atoms with Crippen LogP contribution in [0.15, 0.2) is 40.6 Å². The van der Waals surface area contributed by atoms with Gasteiger partial charge in [-0.3, -0.25) is 9.69 Å². The summed E-state index contributed by atoms with van der Waals surface area (Å²) in [6.07, 6.45) is 2.32. The molecule has 0 radical (unpaired) electrons. The van der Waals surface area contributed by atoms with Gasteiger partial charge in [-0.25, -0.2) is 13.1 Å². The molecule has 0 saturated carbocycles. The van der Waals surface area contributed by atoms with E-state index in [2.05, 4.69) is 21.0 Å². The van der Waals surface area contributed by atoms with Crippen LogP contribution in [0.3, 0.4) is 0 Å². The molecule has 10 heteroatoms. The molecule has 2 N–H and O–H groups in total. The van der Waals surface area contributed by atoms with Gasteiger partial charge in [0, 0.05) is 30.6 Å². The van der Waals surface area contributed by atoms with Gasteiger partial charge in [0.2, 0.25) is 10.0 Å². The number of ether oxygens (including phenoxy) is 2. The predicted molar refractivity (Wildman–Crippen MR) is 120 cm³/mol. The Labute approximate surface area is 187 Å². The molecule has 1 unspecified atom stereocenters. The fourth-order valence-corrected chi connectivity index (χ4v) is 5.69. The first-order chi connectivity index (χ1) is 15.0. The number of rotatable bonds is 11. The third-order valence-electron chi connectivity index (χ3n) is 5.22. The molecule has 1 aromatic heterocycles. The van der Waals surface area contributed by atoms with E-state index in [4.69, 9.17) is 9.47 Å². The number of nitrogens with one attached hydrogen (secondary N) is 2. The average molecular weight is 468 g/mol. The fourth-order valence-electron chi connectivity index (χ4n) is 3.62. The molecule has 1 aliphatic heterocycles. The van der Waals surface area contributed by atoms with E-state index in [1.165, 1.54) is 31.2 Å². The Morgan fingerprint density at radius 2 is 2.00 bits per heavy atom. The second kappa shape index (κ2) is 11.1. The molecular weight excluding hydrogens is 438 g/mol. The number of nitrogens with zero attached hydrogens (tertiary/aromatic N) is 1.